The first-order valence-corrected chi connectivity index (χ1v) is 9.47. The van der Waals surface area contributed by atoms with Crippen LogP contribution in [-0.4, -0.2) is 20.4 Å². The molecule has 0 atom stereocenters. The zero-order valence-corrected chi connectivity index (χ0v) is 14.9. The van der Waals surface area contributed by atoms with Gasteiger partial charge < -0.3 is 5.32 Å². The topological polar surface area (TPSA) is 85.1 Å². The molecule has 1 aromatic heterocycles. The molecule has 0 fully saturated rings. The molecule has 0 aliphatic carbocycles. The number of aromatic nitrogens is 1. The number of hydrogen-bond acceptors (Lipinski definition) is 4. The van der Waals surface area contributed by atoms with Crippen molar-refractivity contribution < 1.29 is 12.8 Å². The van der Waals surface area contributed by atoms with Crippen LogP contribution >= 0.6 is 0 Å². The Labute approximate surface area is 151 Å². The van der Waals surface area contributed by atoms with Crippen LogP contribution in [0.4, 0.5) is 4.39 Å². The molecule has 134 valence electrons. The number of halogens is 1. The molecule has 3 aromatic rings. The second-order valence-electron chi connectivity index (χ2n) is 5.76. The van der Waals surface area contributed by atoms with Crippen LogP contribution in [0.15, 0.2) is 65.8 Å². The van der Waals surface area contributed by atoms with E-state index >= 15 is 4.39 Å². The van der Waals surface area contributed by atoms with Crippen LogP contribution in [-0.2, 0) is 16.6 Å². The molecule has 0 radical (unpaired) electrons. The molecule has 0 aliphatic rings. The van der Waals surface area contributed by atoms with Crippen LogP contribution < -0.4 is 10.5 Å². The Morgan fingerprint density at radius 1 is 1.04 bits per heavy atom. The van der Waals surface area contributed by atoms with Crippen LogP contribution in [0.5, 0.6) is 0 Å². The van der Waals surface area contributed by atoms with Gasteiger partial charge in [-0.05, 0) is 30.3 Å². The van der Waals surface area contributed by atoms with Gasteiger partial charge >= 0.3 is 0 Å². The Kier molecular flexibility index (Phi) is 5.13. The second-order valence-corrected chi connectivity index (χ2v) is 7.24. The number of rotatable bonds is 5. The first-order chi connectivity index (χ1) is 12.4. The molecular weight excluding hydrogens is 353 g/mol. The molecule has 0 bridgehead atoms. The lowest BCUT2D eigenvalue weighted by molar-refractivity contribution is 0.593. The van der Waals surface area contributed by atoms with Crippen LogP contribution in [0.25, 0.3) is 22.3 Å². The standard InChI is InChI=1S/C19H18FN3O2S/c1-22-12-14-9-10-15(13-6-3-2-4-7-13)17(18(14)20)16-8-5-11-23-19(16)26(21,24)25/h2-11,22H,12H2,1H3,(H2,21,24,25). The third-order valence-electron chi connectivity index (χ3n) is 3.98. The van der Waals surface area contributed by atoms with Crippen LogP contribution in [0.3, 0.4) is 0 Å². The van der Waals surface area contributed by atoms with Crippen molar-refractivity contribution in [2.45, 2.75) is 11.6 Å². The normalized spacial score (nSPS) is 11.5. The molecule has 0 aliphatic heterocycles. The third kappa shape index (κ3) is 3.50. The van der Waals surface area contributed by atoms with Crippen molar-refractivity contribution in [1.82, 2.24) is 10.3 Å². The molecule has 1 heterocycles. The Morgan fingerprint density at radius 2 is 1.77 bits per heavy atom. The molecule has 3 rings (SSSR count). The summed E-state index contributed by atoms with van der Waals surface area (Å²) in [7, 11) is -2.40. The molecule has 0 amide bonds. The van der Waals surface area contributed by atoms with Gasteiger partial charge in [0.1, 0.15) is 5.82 Å². The van der Waals surface area contributed by atoms with Gasteiger partial charge in [0.2, 0.25) is 0 Å². The van der Waals surface area contributed by atoms with E-state index < -0.39 is 15.8 Å². The van der Waals surface area contributed by atoms with E-state index in [9.17, 15) is 8.42 Å². The zero-order valence-electron chi connectivity index (χ0n) is 14.1. The predicted octanol–water partition coefficient (Wildman–Crippen LogP) is 2.92. The van der Waals surface area contributed by atoms with Gasteiger partial charge in [-0.15, -0.1) is 0 Å². The number of nitrogens with one attached hydrogen (secondary N) is 1. The minimum atomic E-state index is -4.12. The maximum absolute atomic E-state index is 15.4. The Morgan fingerprint density at radius 3 is 2.42 bits per heavy atom. The quantitative estimate of drug-likeness (QED) is 0.722. The highest BCUT2D eigenvalue weighted by molar-refractivity contribution is 7.89. The highest BCUT2D eigenvalue weighted by atomic mass is 32.2. The van der Waals surface area contributed by atoms with E-state index in [4.69, 9.17) is 5.14 Å². The summed E-state index contributed by atoms with van der Waals surface area (Å²) in [5, 5.41) is 7.87. The number of primary sulfonamides is 1. The van der Waals surface area contributed by atoms with Crippen molar-refractivity contribution >= 4 is 10.0 Å². The lowest BCUT2D eigenvalue weighted by atomic mass is 9.92. The number of nitrogens with zero attached hydrogens (tertiary/aromatic N) is 1. The van der Waals surface area contributed by atoms with E-state index in [0.717, 1.165) is 5.56 Å². The summed E-state index contributed by atoms with van der Waals surface area (Å²) in [6.45, 7) is 0.304. The first-order valence-electron chi connectivity index (χ1n) is 7.93. The number of pyridine rings is 1. The number of sulfonamides is 1. The van der Waals surface area contributed by atoms with E-state index in [0.29, 0.717) is 17.7 Å². The molecule has 0 spiro atoms. The maximum atomic E-state index is 15.4. The summed E-state index contributed by atoms with van der Waals surface area (Å²) in [4.78, 5) is 3.88. The average Bonchev–Trinajstić information content (AvgIpc) is 2.63. The van der Waals surface area contributed by atoms with Gasteiger partial charge in [0.05, 0.1) is 0 Å². The Hall–Kier alpha value is -2.61. The lowest BCUT2D eigenvalue weighted by Crippen LogP contribution is -2.16. The van der Waals surface area contributed by atoms with Crippen LogP contribution in [0, 0.1) is 5.82 Å². The zero-order chi connectivity index (χ0) is 18.7. The fourth-order valence-electron chi connectivity index (χ4n) is 2.88. The summed E-state index contributed by atoms with van der Waals surface area (Å²) in [5.74, 6) is -0.501. The summed E-state index contributed by atoms with van der Waals surface area (Å²) >= 11 is 0. The average molecular weight is 371 g/mol. The van der Waals surface area contributed by atoms with Gasteiger partial charge in [-0.2, -0.15) is 0 Å². The van der Waals surface area contributed by atoms with E-state index in [-0.39, 0.29) is 16.2 Å². The Balaban J connectivity index is 2.38. The van der Waals surface area contributed by atoms with Gasteiger partial charge in [0.25, 0.3) is 10.0 Å². The number of benzene rings is 2. The van der Waals surface area contributed by atoms with Crippen molar-refractivity contribution in [3.63, 3.8) is 0 Å². The summed E-state index contributed by atoms with van der Waals surface area (Å²) in [5.41, 5.74) is 2.07. The third-order valence-corrected chi connectivity index (χ3v) is 4.85. The lowest BCUT2D eigenvalue weighted by Gasteiger charge is -2.16. The van der Waals surface area contributed by atoms with E-state index in [1.54, 1.807) is 25.2 Å². The van der Waals surface area contributed by atoms with Gasteiger partial charge in [0.15, 0.2) is 5.03 Å². The highest BCUT2D eigenvalue weighted by Crippen LogP contribution is 2.37. The van der Waals surface area contributed by atoms with Crippen molar-refractivity contribution in [2.75, 3.05) is 7.05 Å². The SMILES string of the molecule is CNCc1ccc(-c2ccccc2)c(-c2cccnc2S(N)(=O)=O)c1F. The van der Waals surface area contributed by atoms with Crippen molar-refractivity contribution in [3.05, 3.63) is 72.2 Å². The summed E-state index contributed by atoms with van der Waals surface area (Å²) in [6.07, 6.45) is 1.32. The molecule has 0 saturated heterocycles. The van der Waals surface area contributed by atoms with Gasteiger partial charge in [0, 0.05) is 29.4 Å². The van der Waals surface area contributed by atoms with Crippen molar-refractivity contribution in [3.8, 4) is 22.3 Å². The molecule has 0 saturated carbocycles. The van der Waals surface area contributed by atoms with Crippen molar-refractivity contribution in [1.29, 1.82) is 0 Å². The monoisotopic (exact) mass is 371 g/mol. The van der Waals surface area contributed by atoms with Gasteiger partial charge in [-0.3, -0.25) is 0 Å². The molecule has 5 nitrogen and oxygen atoms in total. The number of nitrogens with two attached hydrogens (primary N) is 1. The van der Waals surface area contributed by atoms with E-state index in [1.165, 1.54) is 12.3 Å². The summed E-state index contributed by atoms with van der Waals surface area (Å²) in [6, 6.07) is 15.7. The molecule has 7 heteroatoms. The molecule has 2 aromatic carbocycles. The van der Waals surface area contributed by atoms with Crippen LogP contribution in [0.2, 0.25) is 0 Å². The van der Waals surface area contributed by atoms with Crippen molar-refractivity contribution in [2.24, 2.45) is 5.14 Å². The number of hydrogen-bond donors (Lipinski definition) is 2. The first kappa shape index (κ1) is 18.2. The Bertz CT molecular complexity index is 1040. The molecule has 26 heavy (non-hydrogen) atoms. The van der Waals surface area contributed by atoms with Crippen LogP contribution in [0.1, 0.15) is 5.56 Å². The molecule has 0 unspecified atom stereocenters. The summed E-state index contributed by atoms with van der Waals surface area (Å²) < 4.78 is 39.3. The highest BCUT2D eigenvalue weighted by Gasteiger charge is 2.23. The fraction of sp³-hybridized carbons (Fsp3) is 0.105. The van der Waals surface area contributed by atoms with Gasteiger partial charge in [-0.25, -0.2) is 22.9 Å². The molecular formula is C19H18FN3O2S. The van der Waals surface area contributed by atoms with Gasteiger partial charge in [-0.1, -0.05) is 42.5 Å². The predicted molar refractivity (Wildman–Crippen MR) is 99.2 cm³/mol. The maximum Gasteiger partial charge on any atom is 0.256 e. The van der Waals surface area contributed by atoms with E-state index in [1.807, 2.05) is 30.3 Å². The smallest absolute Gasteiger partial charge is 0.256 e. The minimum Gasteiger partial charge on any atom is -0.316 e. The second kappa shape index (κ2) is 7.33. The molecule has 3 N–H and O–H groups in total. The van der Waals surface area contributed by atoms with E-state index in [2.05, 4.69) is 10.3 Å². The fourth-order valence-corrected chi connectivity index (χ4v) is 3.56. The largest absolute Gasteiger partial charge is 0.316 e. The minimum absolute atomic E-state index is 0.143.